The molecule has 2 aromatic rings. The molecule has 23 heavy (non-hydrogen) atoms. The molecule has 0 aliphatic heterocycles. The van der Waals surface area contributed by atoms with E-state index in [4.69, 9.17) is 4.74 Å². The molecule has 4 nitrogen and oxygen atoms in total. The quantitative estimate of drug-likeness (QED) is 0.696. The molecule has 2 aromatic carbocycles. The standard InChI is InChI=1S/C17H20BrNO3S/c1-22-16(11-14-5-3-2-4-6-14)13-19-23(20,21)17-9-7-15(12-18)8-10-17/h2-10,16,19H,11-13H2,1H3/t16-/m1/s1. The van der Waals surface area contributed by atoms with Crippen LogP contribution in [-0.4, -0.2) is 28.2 Å². The number of hydrogen-bond acceptors (Lipinski definition) is 3. The van der Waals surface area contributed by atoms with Gasteiger partial charge in [0.05, 0.1) is 11.0 Å². The van der Waals surface area contributed by atoms with Crippen molar-refractivity contribution in [3.63, 3.8) is 0 Å². The Bertz CT molecular complexity index is 702. The first-order chi connectivity index (χ1) is 11.0. The highest BCUT2D eigenvalue weighted by Crippen LogP contribution is 2.13. The Morgan fingerprint density at radius 1 is 1.04 bits per heavy atom. The maximum Gasteiger partial charge on any atom is 0.240 e. The molecule has 6 heteroatoms. The second kappa shape index (κ2) is 8.59. The minimum absolute atomic E-state index is 0.214. The molecule has 0 unspecified atom stereocenters. The highest BCUT2D eigenvalue weighted by molar-refractivity contribution is 9.08. The van der Waals surface area contributed by atoms with Gasteiger partial charge in [0.1, 0.15) is 0 Å². The van der Waals surface area contributed by atoms with Gasteiger partial charge < -0.3 is 4.74 Å². The van der Waals surface area contributed by atoms with Gasteiger partial charge in [0, 0.05) is 19.0 Å². The Hall–Kier alpha value is -1.21. The van der Waals surface area contributed by atoms with Crippen LogP contribution in [0.15, 0.2) is 59.5 Å². The van der Waals surface area contributed by atoms with Gasteiger partial charge in [-0.3, -0.25) is 0 Å². The molecule has 1 N–H and O–H groups in total. The molecule has 0 aliphatic carbocycles. The number of halogens is 1. The summed E-state index contributed by atoms with van der Waals surface area (Å²) in [7, 11) is -1.94. The lowest BCUT2D eigenvalue weighted by Gasteiger charge is -2.16. The van der Waals surface area contributed by atoms with Crippen molar-refractivity contribution in [3.05, 3.63) is 65.7 Å². The average molecular weight is 398 g/mol. The zero-order chi connectivity index (χ0) is 16.7. The van der Waals surface area contributed by atoms with Crippen molar-refractivity contribution in [2.45, 2.75) is 22.8 Å². The molecular weight excluding hydrogens is 378 g/mol. The maximum atomic E-state index is 12.3. The maximum absolute atomic E-state index is 12.3. The highest BCUT2D eigenvalue weighted by Gasteiger charge is 2.17. The average Bonchev–Trinajstić information content (AvgIpc) is 2.59. The van der Waals surface area contributed by atoms with E-state index < -0.39 is 10.0 Å². The van der Waals surface area contributed by atoms with E-state index in [2.05, 4.69) is 20.7 Å². The molecule has 0 amide bonds. The normalized spacial score (nSPS) is 13.0. The first-order valence-corrected chi connectivity index (χ1v) is 9.87. The van der Waals surface area contributed by atoms with Gasteiger partial charge in [-0.15, -0.1) is 0 Å². The molecule has 0 aromatic heterocycles. The lowest BCUT2D eigenvalue weighted by Crippen LogP contribution is -2.34. The monoisotopic (exact) mass is 397 g/mol. The number of nitrogens with one attached hydrogen (secondary N) is 1. The molecule has 0 fully saturated rings. The van der Waals surface area contributed by atoms with E-state index in [0.29, 0.717) is 11.8 Å². The van der Waals surface area contributed by atoms with E-state index in [1.165, 1.54) is 0 Å². The summed E-state index contributed by atoms with van der Waals surface area (Å²) >= 11 is 3.34. The van der Waals surface area contributed by atoms with Crippen molar-refractivity contribution in [2.24, 2.45) is 0 Å². The molecule has 0 radical (unpaired) electrons. The van der Waals surface area contributed by atoms with Crippen LogP contribution in [0, 0.1) is 0 Å². The van der Waals surface area contributed by atoms with Gasteiger partial charge in [-0.1, -0.05) is 58.4 Å². The summed E-state index contributed by atoms with van der Waals surface area (Å²) in [6.45, 7) is 0.230. The SMILES string of the molecule is CO[C@@H](CNS(=O)(=O)c1ccc(CBr)cc1)Cc1ccccc1. The zero-order valence-corrected chi connectivity index (χ0v) is 15.3. The fourth-order valence-electron chi connectivity index (χ4n) is 2.16. The van der Waals surface area contributed by atoms with Gasteiger partial charge in [-0.2, -0.15) is 0 Å². The molecular formula is C17H20BrNO3S. The van der Waals surface area contributed by atoms with E-state index >= 15 is 0 Å². The summed E-state index contributed by atoms with van der Waals surface area (Å²) in [5.74, 6) is 0. The van der Waals surface area contributed by atoms with Crippen LogP contribution in [0.4, 0.5) is 0 Å². The molecule has 0 saturated carbocycles. The number of methoxy groups -OCH3 is 1. The molecule has 1 atom stereocenters. The molecule has 0 bridgehead atoms. The van der Waals surface area contributed by atoms with Crippen molar-refractivity contribution >= 4 is 26.0 Å². The Labute approximate surface area is 146 Å². The van der Waals surface area contributed by atoms with Crippen LogP contribution in [0.5, 0.6) is 0 Å². The van der Waals surface area contributed by atoms with Gasteiger partial charge in [-0.05, 0) is 29.7 Å². The fourth-order valence-corrected chi connectivity index (χ4v) is 3.60. The van der Waals surface area contributed by atoms with E-state index in [-0.39, 0.29) is 17.5 Å². The van der Waals surface area contributed by atoms with Crippen LogP contribution < -0.4 is 4.72 Å². The smallest absolute Gasteiger partial charge is 0.240 e. The predicted octanol–water partition coefficient (Wildman–Crippen LogP) is 3.12. The number of benzene rings is 2. The second-order valence-electron chi connectivity index (χ2n) is 5.18. The number of ether oxygens (including phenoxy) is 1. The second-order valence-corrected chi connectivity index (χ2v) is 7.50. The Kier molecular flexibility index (Phi) is 6.77. The van der Waals surface area contributed by atoms with Gasteiger partial charge >= 0.3 is 0 Å². The molecule has 124 valence electrons. The number of hydrogen-bond donors (Lipinski definition) is 1. The van der Waals surface area contributed by atoms with Crippen molar-refractivity contribution in [1.29, 1.82) is 0 Å². The third kappa shape index (κ3) is 5.42. The Morgan fingerprint density at radius 3 is 2.26 bits per heavy atom. The largest absolute Gasteiger partial charge is 0.380 e. The fraction of sp³-hybridized carbons (Fsp3) is 0.294. The molecule has 0 spiro atoms. The lowest BCUT2D eigenvalue weighted by molar-refractivity contribution is 0.107. The summed E-state index contributed by atoms with van der Waals surface area (Å²) < 4.78 is 32.7. The molecule has 0 heterocycles. The first kappa shape index (κ1) is 18.1. The van der Waals surface area contributed by atoms with Crippen LogP contribution in [0.25, 0.3) is 0 Å². The molecule has 0 aliphatic rings. The highest BCUT2D eigenvalue weighted by atomic mass is 79.9. The summed E-state index contributed by atoms with van der Waals surface area (Å²) in [4.78, 5) is 0.261. The summed E-state index contributed by atoms with van der Waals surface area (Å²) in [6.07, 6.45) is 0.441. The topological polar surface area (TPSA) is 55.4 Å². The van der Waals surface area contributed by atoms with Crippen molar-refractivity contribution in [2.75, 3.05) is 13.7 Å². The van der Waals surface area contributed by atoms with Crippen molar-refractivity contribution in [3.8, 4) is 0 Å². The van der Waals surface area contributed by atoms with Gasteiger partial charge in [0.25, 0.3) is 0 Å². The van der Waals surface area contributed by atoms with Gasteiger partial charge in [0.2, 0.25) is 10.0 Å². The summed E-state index contributed by atoms with van der Waals surface area (Å²) in [6, 6.07) is 16.7. The van der Waals surface area contributed by atoms with Crippen LogP contribution in [0.1, 0.15) is 11.1 Å². The third-order valence-corrected chi connectivity index (χ3v) is 5.62. The number of alkyl halides is 1. The first-order valence-electron chi connectivity index (χ1n) is 7.26. The lowest BCUT2D eigenvalue weighted by atomic mass is 10.1. The Morgan fingerprint density at radius 2 is 1.70 bits per heavy atom. The van der Waals surface area contributed by atoms with E-state index in [1.807, 2.05) is 30.3 Å². The number of rotatable bonds is 8. The zero-order valence-electron chi connectivity index (χ0n) is 12.9. The predicted molar refractivity (Wildman–Crippen MR) is 95.2 cm³/mol. The molecule has 0 saturated heterocycles. The van der Waals surface area contributed by atoms with Crippen LogP contribution in [0.2, 0.25) is 0 Å². The van der Waals surface area contributed by atoms with Gasteiger partial charge in [-0.25, -0.2) is 13.1 Å². The van der Waals surface area contributed by atoms with Crippen molar-refractivity contribution < 1.29 is 13.2 Å². The van der Waals surface area contributed by atoms with E-state index in [0.717, 1.165) is 11.1 Å². The third-order valence-electron chi connectivity index (χ3n) is 3.53. The summed E-state index contributed by atoms with van der Waals surface area (Å²) in [5.41, 5.74) is 2.14. The van der Waals surface area contributed by atoms with Crippen LogP contribution >= 0.6 is 15.9 Å². The van der Waals surface area contributed by atoms with Crippen molar-refractivity contribution in [1.82, 2.24) is 4.72 Å². The number of sulfonamides is 1. The minimum Gasteiger partial charge on any atom is -0.380 e. The van der Waals surface area contributed by atoms with E-state index in [1.54, 1.807) is 31.4 Å². The van der Waals surface area contributed by atoms with Crippen LogP contribution in [-0.2, 0) is 26.5 Å². The van der Waals surface area contributed by atoms with Crippen LogP contribution in [0.3, 0.4) is 0 Å². The Balaban J connectivity index is 1.98. The van der Waals surface area contributed by atoms with Gasteiger partial charge in [0.15, 0.2) is 0 Å². The molecule has 2 rings (SSSR count). The van der Waals surface area contributed by atoms with E-state index in [9.17, 15) is 8.42 Å². The minimum atomic E-state index is -3.53. The summed E-state index contributed by atoms with van der Waals surface area (Å²) in [5, 5.41) is 0.698.